The van der Waals surface area contributed by atoms with Crippen LogP contribution in [0.25, 0.3) is 0 Å². The van der Waals surface area contributed by atoms with Crippen molar-refractivity contribution in [2.24, 2.45) is 0 Å². The Bertz CT molecular complexity index is 733. The van der Waals surface area contributed by atoms with E-state index in [0.717, 1.165) is 0 Å². The van der Waals surface area contributed by atoms with Crippen molar-refractivity contribution >= 4 is 33.3 Å². The van der Waals surface area contributed by atoms with Gasteiger partial charge in [-0.1, -0.05) is 11.6 Å². The molecule has 1 saturated heterocycles. The predicted octanol–water partition coefficient (Wildman–Crippen LogP) is 1.30. The number of methoxy groups -OCH3 is 1. The van der Waals surface area contributed by atoms with Crippen LogP contribution in [0.2, 0.25) is 5.02 Å². The molecule has 0 aliphatic carbocycles. The molecule has 25 heavy (non-hydrogen) atoms. The molecular formula is C16H20ClNO6S. The molecule has 1 heterocycles. The van der Waals surface area contributed by atoms with Gasteiger partial charge in [0.2, 0.25) is 0 Å². The quantitative estimate of drug-likeness (QED) is 0.681. The van der Waals surface area contributed by atoms with E-state index in [1.54, 1.807) is 24.3 Å². The van der Waals surface area contributed by atoms with Crippen LogP contribution in [0.15, 0.2) is 24.3 Å². The second-order valence-electron chi connectivity index (χ2n) is 5.80. The Morgan fingerprint density at radius 1 is 1.32 bits per heavy atom. The van der Waals surface area contributed by atoms with E-state index in [9.17, 15) is 18.0 Å². The smallest absolute Gasteiger partial charge is 0.328 e. The van der Waals surface area contributed by atoms with Crippen LogP contribution < -0.4 is 4.74 Å². The second kappa shape index (κ2) is 8.05. The largest absolute Gasteiger partial charge is 0.484 e. The van der Waals surface area contributed by atoms with Crippen LogP contribution in [0.1, 0.15) is 13.3 Å². The van der Waals surface area contributed by atoms with Gasteiger partial charge in [0, 0.05) is 11.1 Å². The molecule has 9 heteroatoms. The summed E-state index contributed by atoms with van der Waals surface area (Å²) in [4.78, 5) is 25.7. The van der Waals surface area contributed by atoms with Crippen molar-refractivity contribution in [1.82, 2.24) is 4.90 Å². The molecule has 1 aromatic rings. The summed E-state index contributed by atoms with van der Waals surface area (Å²) in [5, 5.41) is 0.538. The van der Waals surface area contributed by atoms with E-state index in [1.807, 2.05) is 0 Å². The van der Waals surface area contributed by atoms with Crippen LogP contribution in [0.5, 0.6) is 5.75 Å². The summed E-state index contributed by atoms with van der Waals surface area (Å²) in [5.74, 6) is -0.810. The SMILES string of the molecule is COC(=O)[C@@H](C)N(C(=O)COc1ccc(Cl)cc1)[C@H]1CCS(=O)(=O)C1. The summed E-state index contributed by atoms with van der Waals surface area (Å²) in [6, 6.07) is 5.01. The Morgan fingerprint density at radius 3 is 2.48 bits per heavy atom. The minimum absolute atomic E-state index is 0.00657. The first kappa shape index (κ1) is 19.5. The zero-order valence-corrected chi connectivity index (χ0v) is 15.5. The third-order valence-corrected chi connectivity index (χ3v) is 6.03. The highest BCUT2D eigenvalue weighted by atomic mass is 35.5. The van der Waals surface area contributed by atoms with Gasteiger partial charge in [0.15, 0.2) is 16.4 Å². The maximum atomic E-state index is 12.6. The van der Waals surface area contributed by atoms with Crippen LogP contribution in [-0.2, 0) is 24.2 Å². The van der Waals surface area contributed by atoms with Gasteiger partial charge < -0.3 is 14.4 Å². The second-order valence-corrected chi connectivity index (χ2v) is 8.46. The van der Waals surface area contributed by atoms with Crippen molar-refractivity contribution in [1.29, 1.82) is 0 Å². The number of carbonyl (C=O) groups is 2. The molecule has 0 bridgehead atoms. The van der Waals surface area contributed by atoms with E-state index < -0.39 is 33.8 Å². The Hall–Kier alpha value is -1.80. The number of hydrogen-bond acceptors (Lipinski definition) is 6. The van der Waals surface area contributed by atoms with Gasteiger partial charge in [0.05, 0.1) is 18.6 Å². The van der Waals surface area contributed by atoms with Crippen LogP contribution in [0.3, 0.4) is 0 Å². The lowest BCUT2D eigenvalue weighted by atomic mass is 10.1. The molecule has 0 radical (unpaired) electrons. The van der Waals surface area contributed by atoms with Gasteiger partial charge in [0.25, 0.3) is 5.91 Å². The fraction of sp³-hybridized carbons (Fsp3) is 0.500. The Morgan fingerprint density at radius 2 is 1.96 bits per heavy atom. The molecule has 7 nitrogen and oxygen atoms in total. The molecule has 2 atom stereocenters. The van der Waals surface area contributed by atoms with Crippen molar-refractivity contribution in [2.75, 3.05) is 25.2 Å². The molecule has 1 amide bonds. The molecule has 1 aliphatic heterocycles. The van der Waals surface area contributed by atoms with Crippen LogP contribution >= 0.6 is 11.6 Å². The fourth-order valence-corrected chi connectivity index (χ4v) is 4.60. The maximum Gasteiger partial charge on any atom is 0.328 e. The van der Waals surface area contributed by atoms with Gasteiger partial charge in [-0.25, -0.2) is 13.2 Å². The number of halogens is 1. The van der Waals surface area contributed by atoms with Gasteiger partial charge in [0.1, 0.15) is 11.8 Å². The molecule has 0 unspecified atom stereocenters. The highest BCUT2D eigenvalue weighted by Crippen LogP contribution is 2.22. The van der Waals surface area contributed by atoms with Crippen molar-refractivity contribution in [3.8, 4) is 5.75 Å². The number of amides is 1. The standard InChI is InChI=1S/C16H20ClNO6S/c1-11(16(20)23-2)18(13-7-8-25(21,22)10-13)15(19)9-24-14-5-3-12(17)4-6-14/h3-6,11,13H,7-10H2,1-2H3/t11-,13+/m1/s1. The Kier molecular flexibility index (Phi) is 6.29. The van der Waals surface area contributed by atoms with Crippen LogP contribution in [0.4, 0.5) is 0 Å². The highest BCUT2D eigenvalue weighted by Gasteiger charge is 2.39. The van der Waals surface area contributed by atoms with Crippen molar-refractivity contribution in [3.05, 3.63) is 29.3 Å². The van der Waals surface area contributed by atoms with E-state index in [4.69, 9.17) is 21.1 Å². The zero-order valence-electron chi connectivity index (χ0n) is 14.0. The normalized spacial score (nSPS) is 19.9. The fourth-order valence-electron chi connectivity index (χ4n) is 2.77. The number of hydrogen-bond donors (Lipinski definition) is 0. The van der Waals surface area contributed by atoms with E-state index >= 15 is 0 Å². The lowest BCUT2D eigenvalue weighted by Gasteiger charge is -2.32. The van der Waals surface area contributed by atoms with Gasteiger partial charge in [-0.05, 0) is 37.6 Å². The van der Waals surface area contributed by atoms with E-state index in [-0.39, 0.29) is 24.5 Å². The molecule has 1 fully saturated rings. The van der Waals surface area contributed by atoms with Gasteiger partial charge in [-0.15, -0.1) is 0 Å². The lowest BCUT2D eigenvalue weighted by Crippen LogP contribution is -2.51. The average molecular weight is 390 g/mol. The monoisotopic (exact) mass is 389 g/mol. The Labute approximate surface area is 151 Å². The third kappa shape index (κ3) is 5.09. The van der Waals surface area contributed by atoms with E-state index in [1.165, 1.54) is 18.9 Å². The summed E-state index contributed by atoms with van der Waals surface area (Å²) in [7, 11) is -1.99. The summed E-state index contributed by atoms with van der Waals surface area (Å²) in [6.07, 6.45) is 0.288. The highest BCUT2D eigenvalue weighted by molar-refractivity contribution is 7.91. The Balaban J connectivity index is 2.12. The molecule has 138 valence electrons. The minimum atomic E-state index is -3.21. The first-order valence-corrected chi connectivity index (χ1v) is 9.91. The average Bonchev–Trinajstić information content (AvgIpc) is 2.93. The summed E-state index contributed by atoms with van der Waals surface area (Å²) in [5.41, 5.74) is 0. The van der Waals surface area contributed by atoms with Gasteiger partial charge >= 0.3 is 5.97 Å². The number of benzene rings is 1. The van der Waals surface area contributed by atoms with Crippen molar-refractivity contribution < 1.29 is 27.5 Å². The summed E-state index contributed by atoms with van der Waals surface area (Å²) < 4.78 is 33.6. The van der Waals surface area contributed by atoms with E-state index in [0.29, 0.717) is 10.8 Å². The van der Waals surface area contributed by atoms with Gasteiger partial charge in [-0.2, -0.15) is 0 Å². The van der Waals surface area contributed by atoms with Crippen molar-refractivity contribution in [2.45, 2.75) is 25.4 Å². The molecule has 1 aromatic carbocycles. The maximum absolute atomic E-state index is 12.6. The number of rotatable bonds is 6. The van der Waals surface area contributed by atoms with E-state index in [2.05, 4.69) is 0 Å². The number of esters is 1. The minimum Gasteiger partial charge on any atom is -0.484 e. The topological polar surface area (TPSA) is 90.0 Å². The predicted molar refractivity (Wildman–Crippen MR) is 92.3 cm³/mol. The molecular weight excluding hydrogens is 370 g/mol. The summed E-state index contributed by atoms with van der Waals surface area (Å²) in [6.45, 7) is 1.19. The number of ether oxygens (including phenoxy) is 2. The number of nitrogens with zero attached hydrogens (tertiary/aromatic N) is 1. The molecule has 1 aliphatic rings. The van der Waals surface area contributed by atoms with Gasteiger partial charge in [-0.3, -0.25) is 4.79 Å². The molecule has 0 aromatic heterocycles. The van der Waals surface area contributed by atoms with Crippen LogP contribution in [-0.4, -0.2) is 62.5 Å². The molecule has 0 spiro atoms. The number of carbonyl (C=O) groups excluding carboxylic acids is 2. The first-order chi connectivity index (χ1) is 11.7. The van der Waals surface area contributed by atoms with Crippen LogP contribution in [0, 0.1) is 0 Å². The number of sulfone groups is 1. The molecule has 0 N–H and O–H groups in total. The zero-order chi connectivity index (χ0) is 18.6. The molecule has 0 saturated carbocycles. The van der Waals surface area contributed by atoms with Crippen molar-refractivity contribution in [3.63, 3.8) is 0 Å². The molecule has 2 rings (SSSR count). The summed E-state index contributed by atoms with van der Waals surface area (Å²) >= 11 is 5.79. The lowest BCUT2D eigenvalue weighted by molar-refractivity contribution is -0.154. The third-order valence-electron chi connectivity index (χ3n) is 4.03. The first-order valence-electron chi connectivity index (χ1n) is 7.71.